The maximum atomic E-state index is 11.4. The highest BCUT2D eigenvalue weighted by Gasteiger charge is 2.20. The summed E-state index contributed by atoms with van der Waals surface area (Å²) in [5.74, 6) is -2.96. The quantitative estimate of drug-likeness (QED) is 0.421. The lowest BCUT2D eigenvalue weighted by atomic mass is 10.1. The minimum atomic E-state index is -1.28. The van der Waals surface area contributed by atoms with Crippen molar-refractivity contribution in [2.75, 3.05) is 13.2 Å². The Hall–Kier alpha value is -2.32. The predicted molar refractivity (Wildman–Crippen MR) is 66.1 cm³/mol. The first-order valence-electron chi connectivity index (χ1n) is 6.01. The summed E-state index contributed by atoms with van der Waals surface area (Å²) in [6, 6.07) is -2.04. The number of rotatable bonds is 9. The van der Waals surface area contributed by atoms with Gasteiger partial charge in [-0.3, -0.25) is 9.59 Å². The minimum Gasteiger partial charge on any atom is -0.481 e. The van der Waals surface area contributed by atoms with E-state index in [9.17, 15) is 19.2 Å². The standard InChI is InChI=1S/C11H18N2O7/c1-2-20-9(16)6-12-11(19)13-7(10(17)18)4-3-5-8(14)15/h7H,2-6H2,1H3,(H,14,15)(H,17,18)(H2,12,13,19)/t7-/m1/s1. The molecular weight excluding hydrogens is 272 g/mol. The second kappa shape index (κ2) is 9.59. The Balaban J connectivity index is 4.10. The number of aliphatic carboxylic acids is 2. The van der Waals surface area contributed by atoms with E-state index in [0.29, 0.717) is 0 Å². The van der Waals surface area contributed by atoms with Crippen LogP contribution in [0, 0.1) is 0 Å². The summed E-state index contributed by atoms with van der Waals surface area (Å²) < 4.78 is 4.57. The first-order chi connectivity index (χ1) is 9.36. The van der Waals surface area contributed by atoms with Crippen molar-refractivity contribution in [3.8, 4) is 0 Å². The van der Waals surface area contributed by atoms with Gasteiger partial charge in [-0.2, -0.15) is 0 Å². The number of hydrogen-bond donors (Lipinski definition) is 4. The summed E-state index contributed by atoms with van der Waals surface area (Å²) in [6.45, 7) is 1.41. The van der Waals surface area contributed by atoms with E-state index >= 15 is 0 Å². The van der Waals surface area contributed by atoms with E-state index < -0.39 is 30.0 Å². The molecule has 0 heterocycles. The molecule has 0 aliphatic carbocycles. The van der Waals surface area contributed by atoms with Crippen molar-refractivity contribution >= 4 is 23.9 Å². The summed E-state index contributed by atoms with van der Waals surface area (Å²) in [6.07, 6.45) is -0.0885. The zero-order valence-electron chi connectivity index (χ0n) is 11.0. The van der Waals surface area contributed by atoms with Crippen LogP contribution < -0.4 is 10.6 Å². The molecule has 0 fully saturated rings. The van der Waals surface area contributed by atoms with Crippen molar-refractivity contribution in [3.05, 3.63) is 0 Å². The number of carboxylic acids is 2. The number of amides is 2. The molecule has 0 rings (SSSR count). The fourth-order valence-electron chi connectivity index (χ4n) is 1.29. The van der Waals surface area contributed by atoms with Crippen LogP contribution in [-0.2, 0) is 19.1 Å². The van der Waals surface area contributed by atoms with Gasteiger partial charge >= 0.3 is 23.9 Å². The van der Waals surface area contributed by atoms with E-state index in [1.165, 1.54) is 0 Å². The second-order valence-electron chi connectivity index (χ2n) is 3.81. The normalized spacial score (nSPS) is 11.2. The minimum absolute atomic E-state index is 0.0194. The van der Waals surface area contributed by atoms with Crippen LogP contribution in [-0.4, -0.2) is 53.3 Å². The van der Waals surface area contributed by atoms with Crippen LogP contribution in [0.5, 0.6) is 0 Å². The molecule has 9 heteroatoms. The lowest BCUT2D eigenvalue weighted by molar-refractivity contribution is -0.142. The molecular formula is C11H18N2O7. The summed E-state index contributed by atoms with van der Waals surface area (Å²) in [7, 11) is 0. The third-order valence-corrected chi connectivity index (χ3v) is 2.19. The van der Waals surface area contributed by atoms with Crippen molar-refractivity contribution < 1.29 is 34.1 Å². The van der Waals surface area contributed by atoms with Gasteiger partial charge in [0.25, 0.3) is 0 Å². The fraction of sp³-hybridized carbons (Fsp3) is 0.636. The molecule has 114 valence electrons. The van der Waals surface area contributed by atoms with E-state index in [1.807, 2.05) is 0 Å². The van der Waals surface area contributed by atoms with Crippen LogP contribution in [0.4, 0.5) is 4.79 Å². The Bertz CT molecular complexity index is 370. The molecule has 0 aromatic heterocycles. The second-order valence-corrected chi connectivity index (χ2v) is 3.81. The molecule has 4 N–H and O–H groups in total. The zero-order chi connectivity index (χ0) is 15.5. The third-order valence-electron chi connectivity index (χ3n) is 2.19. The Morgan fingerprint density at radius 2 is 1.85 bits per heavy atom. The van der Waals surface area contributed by atoms with Gasteiger partial charge in [-0.05, 0) is 19.8 Å². The van der Waals surface area contributed by atoms with Crippen LogP contribution in [0.15, 0.2) is 0 Å². The van der Waals surface area contributed by atoms with Crippen LogP contribution in [0.3, 0.4) is 0 Å². The van der Waals surface area contributed by atoms with Gasteiger partial charge in [0.2, 0.25) is 0 Å². The molecule has 0 bridgehead atoms. The topological polar surface area (TPSA) is 142 Å². The summed E-state index contributed by atoms with van der Waals surface area (Å²) >= 11 is 0. The van der Waals surface area contributed by atoms with Crippen molar-refractivity contribution in [3.63, 3.8) is 0 Å². The largest absolute Gasteiger partial charge is 0.481 e. The Kier molecular flexibility index (Phi) is 8.48. The number of hydrogen-bond acceptors (Lipinski definition) is 5. The highest BCUT2D eigenvalue weighted by atomic mass is 16.5. The molecule has 0 aliphatic rings. The summed E-state index contributed by atoms with van der Waals surface area (Å²) in [4.78, 5) is 43.5. The lowest BCUT2D eigenvalue weighted by Crippen LogP contribution is -2.47. The first kappa shape index (κ1) is 17.7. The number of ether oxygens (including phenoxy) is 1. The molecule has 0 aromatic rings. The molecule has 9 nitrogen and oxygen atoms in total. The van der Waals surface area contributed by atoms with Crippen molar-refractivity contribution in [2.45, 2.75) is 32.2 Å². The van der Waals surface area contributed by atoms with E-state index in [1.54, 1.807) is 6.92 Å². The number of urea groups is 1. The van der Waals surface area contributed by atoms with Gasteiger partial charge in [0.1, 0.15) is 12.6 Å². The first-order valence-corrected chi connectivity index (χ1v) is 6.01. The van der Waals surface area contributed by atoms with Crippen LogP contribution >= 0.6 is 0 Å². The molecule has 0 spiro atoms. The zero-order valence-corrected chi connectivity index (χ0v) is 11.0. The van der Waals surface area contributed by atoms with Gasteiger partial charge in [0.15, 0.2) is 0 Å². The molecule has 0 unspecified atom stereocenters. The Morgan fingerprint density at radius 3 is 2.35 bits per heavy atom. The molecule has 0 aromatic carbocycles. The number of carbonyl (C=O) groups is 4. The van der Waals surface area contributed by atoms with E-state index in [0.717, 1.165) is 0 Å². The monoisotopic (exact) mass is 290 g/mol. The maximum absolute atomic E-state index is 11.4. The Morgan fingerprint density at radius 1 is 1.20 bits per heavy atom. The van der Waals surface area contributed by atoms with Crippen LogP contribution in [0.1, 0.15) is 26.2 Å². The highest BCUT2D eigenvalue weighted by Crippen LogP contribution is 2.01. The molecule has 0 radical (unpaired) electrons. The summed E-state index contributed by atoms with van der Waals surface area (Å²) in [5.41, 5.74) is 0. The number of carbonyl (C=O) groups excluding carboxylic acids is 2. The molecule has 0 saturated carbocycles. The SMILES string of the molecule is CCOC(=O)CNC(=O)N[C@H](CCCC(=O)O)C(=O)O. The molecule has 0 saturated heterocycles. The smallest absolute Gasteiger partial charge is 0.326 e. The van der Waals surface area contributed by atoms with Crippen LogP contribution in [0.2, 0.25) is 0 Å². The molecule has 1 atom stereocenters. The number of nitrogens with one attached hydrogen (secondary N) is 2. The van der Waals surface area contributed by atoms with Crippen molar-refractivity contribution in [1.82, 2.24) is 10.6 Å². The fourth-order valence-corrected chi connectivity index (χ4v) is 1.29. The van der Waals surface area contributed by atoms with Crippen molar-refractivity contribution in [1.29, 1.82) is 0 Å². The highest BCUT2D eigenvalue weighted by molar-refractivity contribution is 5.85. The molecule has 2 amide bonds. The predicted octanol–water partition coefficient (Wildman–Crippen LogP) is -0.443. The number of carboxylic acid groups (broad SMARTS) is 2. The third kappa shape index (κ3) is 8.72. The average Bonchev–Trinajstić information content (AvgIpc) is 2.35. The van der Waals surface area contributed by atoms with Gasteiger partial charge in [-0.25, -0.2) is 9.59 Å². The Labute approximate surface area is 115 Å². The van der Waals surface area contributed by atoms with Gasteiger partial charge in [0, 0.05) is 6.42 Å². The lowest BCUT2D eigenvalue weighted by Gasteiger charge is -2.14. The van der Waals surface area contributed by atoms with E-state index in [4.69, 9.17) is 10.2 Å². The number of esters is 1. The summed E-state index contributed by atoms with van der Waals surface area (Å²) in [5, 5.41) is 21.6. The van der Waals surface area contributed by atoms with Crippen molar-refractivity contribution in [2.24, 2.45) is 0 Å². The maximum Gasteiger partial charge on any atom is 0.326 e. The van der Waals surface area contributed by atoms with E-state index in [-0.39, 0.29) is 32.4 Å². The van der Waals surface area contributed by atoms with Gasteiger partial charge < -0.3 is 25.6 Å². The van der Waals surface area contributed by atoms with E-state index in [2.05, 4.69) is 15.4 Å². The molecule has 20 heavy (non-hydrogen) atoms. The van der Waals surface area contributed by atoms with Gasteiger partial charge in [0.05, 0.1) is 6.61 Å². The molecule has 0 aliphatic heterocycles. The van der Waals surface area contributed by atoms with Crippen LogP contribution in [0.25, 0.3) is 0 Å². The average molecular weight is 290 g/mol. The van der Waals surface area contributed by atoms with Gasteiger partial charge in [-0.15, -0.1) is 0 Å². The van der Waals surface area contributed by atoms with Gasteiger partial charge in [-0.1, -0.05) is 0 Å².